The zero-order chi connectivity index (χ0) is 9.56. The lowest BCUT2D eigenvalue weighted by Gasteiger charge is -1.98. The zero-order valence-corrected chi connectivity index (χ0v) is 8.06. The van der Waals surface area contributed by atoms with Gasteiger partial charge < -0.3 is 10.6 Å². The SMILES string of the molecule is CNC(C)=CC(=O)C=C(C)NC. The first-order valence-electron chi connectivity index (χ1n) is 3.86. The van der Waals surface area contributed by atoms with Crippen molar-refractivity contribution in [1.29, 1.82) is 0 Å². The van der Waals surface area contributed by atoms with E-state index in [1.54, 1.807) is 26.2 Å². The Morgan fingerprint density at radius 1 is 1.00 bits per heavy atom. The Morgan fingerprint density at radius 3 is 1.58 bits per heavy atom. The molecule has 68 valence electrons. The molecule has 0 unspecified atom stereocenters. The Kier molecular flexibility index (Phi) is 4.84. The second-order valence-electron chi connectivity index (χ2n) is 2.56. The predicted octanol–water partition coefficient (Wildman–Crippen LogP) is 0.802. The van der Waals surface area contributed by atoms with Crippen LogP contribution in [0.1, 0.15) is 13.8 Å². The average Bonchev–Trinajstić information content (AvgIpc) is 2.03. The predicted molar refractivity (Wildman–Crippen MR) is 50.6 cm³/mol. The highest BCUT2D eigenvalue weighted by molar-refractivity contribution is 5.99. The van der Waals surface area contributed by atoms with Crippen LogP contribution in [0.2, 0.25) is 0 Å². The van der Waals surface area contributed by atoms with Crippen LogP contribution in [0, 0.1) is 0 Å². The van der Waals surface area contributed by atoms with E-state index in [0.717, 1.165) is 11.4 Å². The lowest BCUT2D eigenvalue weighted by Crippen LogP contribution is -2.07. The summed E-state index contributed by atoms with van der Waals surface area (Å²) in [5, 5.41) is 5.76. The van der Waals surface area contributed by atoms with Crippen LogP contribution in [0.3, 0.4) is 0 Å². The Balaban J connectivity index is 4.24. The molecule has 0 saturated carbocycles. The fourth-order valence-electron chi connectivity index (χ4n) is 0.613. The van der Waals surface area contributed by atoms with Gasteiger partial charge in [-0.25, -0.2) is 0 Å². The van der Waals surface area contributed by atoms with Crippen molar-refractivity contribution in [3.8, 4) is 0 Å². The van der Waals surface area contributed by atoms with Crippen molar-refractivity contribution in [2.75, 3.05) is 14.1 Å². The number of hydrogen-bond acceptors (Lipinski definition) is 3. The quantitative estimate of drug-likeness (QED) is 0.610. The van der Waals surface area contributed by atoms with Gasteiger partial charge in [-0.05, 0) is 13.8 Å². The topological polar surface area (TPSA) is 41.1 Å². The first-order chi connectivity index (χ1) is 5.60. The highest BCUT2D eigenvalue weighted by Gasteiger charge is 1.93. The first kappa shape index (κ1) is 10.8. The lowest BCUT2D eigenvalue weighted by molar-refractivity contribution is -0.110. The highest BCUT2D eigenvalue weighted by atomic mass is 16.1. The van der Waals surface area contributed by atoms with Gasteiger partial charge >= 0.3 is 0 Å². The molecule has 0 radical (unpaired) electrons. The van der Waals surface area contributed by atoms with Crippen molar-refractivity contribution in [3.05, 3.63) is 23.5 Å². The number of carbonyl (C=O) groups excluding carboxylic acids is 1. The lowest BCUT2D eigenvalue weighted by atomic mass is 10.3. The molecule has 0 saturated heterocycles. The summed E-state index contributed by atoms with van der Waals surface area (Å²) >= 11 is 0. The molecule has 0 aromatic rings. The van der Waals surface area contributed by atoms with Crippen LogP contribution in [0.15, 0.2) is 23.5 Å². The second kappa shape index (κ2) is 5.41. The van der Waals surface area contributed by atoms with Gasteiger partial charge in [-0.1, -0.05) is 0 Å². The van der Waals surface area contributed by atoms with Gasteiger partial charge in [0.25, 0.3) is 0 Å². The van der Waals surface area contributed by atoms with E-state index in [9.17, 15) is 4.79 Å². The minimum atomic E-state index is -0.00583. The molecule has 12 heavy (non-hydrogen) atoms. The summed E-state index contributed by atoms with van der Waals surface area (Å²) in [4.78, 5) is 11.1. The maximum absolute atomic E-state index is 11.1. The van der Waals surface area contributed by atoms with Crippen LogP contribution < -0.4 is 10.6 Å². The Hall–Kier alpha value is -1.25. The Bertz CT molecular complexity index is 195. The molecular formula is C9H16N2O. The zero-order valence-electron chi connectivity index (χ0n) is 8.06. The third kappa shape index (κ3) is 4.55. The Labute approximate surface area is 73.5 Å². The smallest absolute Gasteiger partial charge is 0.182 e. The fourth-order valence-corrected chi connectivity index (χ4v) is 0.613. The molecule has 0 rings (SSSR count). The first-order valence-corrected chi connectivity index (χ1v) is 3.86. The largest absolute Gasteiger partial charge is 0.392 e. The third-order valence-electron chi connectivity index (χ3n) is 1.51. The van der Waals surface area contributed by atoms with Crippen molar-refractivity contribution < 1.29 is 4.79 Å². The van der Waals surface area contributed by atoms with E-state index in [0.29, 0.717) is 0 Å². The maximum atomic E-state index is 11.1. The summed E-state index contributed by atoms with van der Waals surface area (Å²) in [5.41, 5.74) is 1.72. The van der Waals surface area contributed by atoms with E-state index in [1.165, 1.54) is 0 Å². The normalized spacial score (nSPS) is 12.7. The van der Waals surface area contributed by atoms with Gasteiger partial charge in [0.15, 0.2) is 5.78 Å². The van der Waals surface area contributed by atoms with Gasteiger partial charge in [0.05, 0.1) is 0 Å². The number of hydrogen-bond donors (Lipinski definition) is 2. The number of rotatable bonds is 4. The molecule has 0 aromatic carbocycles. The summed E-state index contributed by atoms with van der Waals surface area (Å²) in [6.07, 6.45) is 3.11. The van der Waals surface area contributed by atoms with Gasteiger partial charge in [-0.3, -0.25) is 4.79 Å². The molecule has 0 amide bonds. The maximum Gasteiger partial charge on any atom is 0.182 e. The molecule has 0 aliphatic carbocycles. The number of nitrogens with one attached hydrogen (secondary N) is 2. The highest BCUT2D eigenvalue weighted by Crippen LogP contribution is 1.91. The summed E-state index contributed by atoms with van der Waals surface area (Å²) < 4.78 is 0. The van der Waals surface area contributed by atoms with Crippen LogP contribution in [0.25, 0.3) is 0 Å². The van der Waals surface area contributed by atoms with E-state index in [2.05, 4.69) is 10.6 Å². The van der Waals surface area contributed by atoms with E-state index in [1.807, 2.05) is 13.8 Å². The van der Waals surface area contributed by atoms with E-state index in [-0.39, 0.29) is 5.78 Å². The van der Waals surface area contributed by atoms with Gasteiger partial charge in [0.1, 0.15) is 0 Å². The van der Waals surface area contributed by atoms with Crippen molar-refractivity contribution >= 4 is 5.78 Å². The van der Waals surface area contributed by atoms with Crippen LogP contribution >= 0.6 is 0 Å². The minimum Gasteiger partial charge on any atom is -0.392 e. The molecule has 0 spiro atoms. The number of allylic oxidation sites excluding steroid dienone is 4. The standard InChI is InChI=1S/C9H16N2O/c1-7(10-3)5-9(12)6-8(2)11-4/h5-6,10-11H,1-4H3. The van der Waals surface area contributed by atoms with E-state index < -0.39 is 0 Å². The summed E-state index contributed by atoms with van der Waals surface area (Å²) in [7, 11) is 3.57. The monoisotopic (exact) mass is 168 g/mol. The van der Waals surface area contributed by atoms with Crippen LogP contribution in [-0.4, -0.2) is 19.9 Å². The number of ketones is 1. The Morgan fingerprint density at radius 2 is 1.33 bits per heavy atom. The van der Waals surface area contributed by atoms with Gasteiger partial charge in [-0.2, -0.15) is 0 Å². The second-order valence-corrected chi connectivity index (χ2v) is 2.56. The molecule has 0 aromatic heterocycles. The molecule has 2 N–H and O–H groups in total. The van der Waals surface area contributed by atoms with Crippen molar-refractivity contribution in [1.82, 2.24) is 10.6 Å². The molecule has 3 heteroatoms. The van der Waals surface area contributed by atoms with Gasteiger partial charge in [0, 0.05) is 37.6 Å². The van der Waals surface area contributed by atoms with Gasteiger partial charge in [0.2, 0.25) is 0 Å². The molecule has 0 fully saturated rings. The van der Waals surface area contributed by atoms with Crippen LogP contribution in [0.5, 0.6) is 0 Å². The van der Waals surface area contributed by atoms with Crippen LogP contribution in [-0.2, 0) is 4.79 Å². The van der Waals surface area contributed by atoms with Gasteiger partial charge in [-0.15, -0.1) is 0 Å². The summed E-state index contributed by atoms with van der Waals surface area (Å²) in [6.45, 7) is 3.70. The average molecular weight is 168 g/mol. The van der Waals surface area contributed by atoms with Crippen molar-refractivity contribution in [2.24, 2.45) is 0 Å². The van der Waals surface area contributed by atoms with Crippen molar-refractivity contribution in [2.45, 2.75) is 13.8 Å². The van der Waals surface area contributed by atoms with Crippen molar-refractivity contribution in [3.63, 3.8) is 0 Å². The molecule has 0 aliphatic rings. The molecule has 0 heterocycles. The van der Waals surface area contributed by atoms with E-state index >= 15 is 0 Å². The van der Waals surface area contributed by atoms with Crippen LogP contribution in [0.4, 0.5) is 0 Å². The summed E-state index contributed by atoms with van der Waals surface area (Å²) in [6, 6.07) is 0. The number of carbonyl (C=O) groups is 1. The summed E-state index contributed by atoms with van der Waals surface area (Å²) in [5.74, 6) is -0.00583. The van der Waals surface area contributed by atoms with E-state index in [4.69, 9.17) is 0 Å². The molecule has 3 nitrogen and oxygen atoms in total. The molecule has 0 atom stereocenters. The molecule has 0 aliphatic heterocycles. The molecular weight excluding hydrogens is 152 g/mol. The minimum absolute atomic E-state index is 0.00583. The third-order valence-corrected chi connectivity index (χ3v) is 1.51. The molecule has 0 bridgehead atoms. The fraction of sp³-hybridized carbons (Fsp3) is 0.444.